The predicted octanol–water partition coefficient (Wildman–Crippen LogP) is 6.20. The van der Waals surface area contributed by atoms with E-state index in [1.54, 1.807) is 18.7 Å². The molecule has 0 amide bonds. The third-order valence-electron chi connectivity index (χ3n) is 4.74. The predicted molar refractivity (Wildman–Crippen MR) is 115 cm³/mol. The van der Waals surface area contributed by atoms with Crippen LogP contribution in [0.1, 0.15) is 46.0 Å². The topological polar surface area (TPSA) is 38.8 Å². The van der Waals surface area contributed by atoms with Gasteiger partial charge >= 0.3 is 5.97 Å². The van der Waals surface area contributed by atoms with E-state index in [2.05, 4.69) is 42.2 Å². The Morgan fingerprint density at radius 2 is 1.75 bits per heavy atom. The van der Waals surface area contributed by atoms with Crippen LogP contribution in [0.4, 0.5) is 11.4 Å². The lowest BCUT2D eigenvalue weighted by molar-refractivity contribution is -0.145. The van der Waals surface area contributed by atoms with Crippen molar-refractivity contribution >= 4 is 29.1 Å². The molecule has 0 atom stereocenters. The van der Waals surface area contributed by atoms with Crippen LogP contribution >= 0.6 is 11.8 Å². The average molecular weight is 400 g/mol. The molecule has 4 nitrogen and oxygen atoms in total. The third-order valence-corrected chi connectivity index (χ3v) is 5.87. The molecule has 0 saturated heterocycles. The van der Waals surface area contributed by atoms with Gasteiger partial charge in [0.15, 0.2) is 6.61 Å². The maximum atomic E-state index is 11.6. The van der Waals surface area contributed by atoms with Crippen LogP contribution in [0.15, 0.2) is 52.3 Å². The second-order valence-electron chi connectivity index (χ2n) is 6.86. The van der Waals surface area contributed by atoms with E-state index >= 15 is 0 Å². The highest BCUT2D eigenvalue weighted by Crippen LogP contribution is 2.49. The fourth-order valence-electron chi connectivity index (χ4n) is 3.36. The molecule has 150 valence electrons. The van der Waals surface area contributed by atoms with Crippen molar-refractivity contribution in [1.82, 2.24) is 0 Å². The molecule has 0 aromatic heterocycles. The highest BCUT2D eigenvalue weighted by atomic mass is 32.2. The third kappa shape index (κ3) is 5.22. The first-order valence-corrected chi connectivity index (χ1v) is 11.0. The molecule has 2 aromatic rings. The van der Waals surface area contributed by atoms with Crippen LogP contribution < -0.4 is 9.64 Å². The summed E-state index contributed by atoms with van der Waals surface area (Å²) >= 11 is 1.79. The summed E-state index contributed by atoms with van der Waals surface area (Å²) in [6, 6.07) is 14.6. The Morgan fingerprint density at radius 3 is 2.57 bits per heavy atom. The number of anilines is 2. The zero-order valence-corrected chi connectivity index (χ0v) is 17.6. The Balaban J connectivity index is 1.76. The van der Waals surface area contributed by atoms with Crippen LogP contribution in [0.2, 0.25) is 0 Å². The Kier molecular flexibility index (Phi) is 7.66. The maximum absolute atomic E-state index is 11.6. The van der Waals surface area contributed by atoms with Crippen LogP contribution in [0, 0.1) is 0 Å². The Bertz CT molecular complexity index is 793. The number of carbonyl (C=O) groups is 1. The Hall–Kier alpha value is -2.14. The van der Waals surface area contributed by atoms with Gasteiger partial charge in [-0.25, -0.2) is 4.79 Å². The van der Waals surface area contributed by atoms with E-state index < -0.39 is 0 Å². The summed E-state index contributed by atoms with van der Waals surface area (Å²) in [5, 5.41) is 0. The molecule has 5 heteroatoms. The molecule has 0 saturated carbocycles. The number of ether oxygens (including phenoxy) is 2. The van der Waals surface area contributed by atoms with Gasteiger partial charge in [0.05, 0.1) is 18.0 Å². The summed E-state index contributed by atoms with van der Waals surface area (Å²) in [5.74, 6) is 0.357. The molecular formula is C23H29NO3S. The van der Waals surface area contributed by atoms with Gasteiger partial charge in [-0.05, 0) is 37.6 Å². The Morgan fingerprint density at radius 1 is 0.964 bits per heavy atom. The number of carbonyl (C=O) groups excluding carboxylic acids is 1. The number of rotatable bonds is 10. The van der Waals surface area contributed by atoms with Crippen molar-refractivity contribution in [2.75, 3.05) is 24.7 Å². The van der Waals surface area contributed by atoms with Crippen LogP contribution in [0.5, 0.6) is 5.75 Å². The minimum Gasteiger partial charge on any atom is -0.482 e. The minimum absolute atomic E-state index is 0.0621. The first kappa shape index (κ1) is 20.6. The van der Waals surface area contributed by atoms with Crippen molar-refractivity contribution in [2.24, 2.45) is 0 Å². The molecule has 0 unspecified atom stereocenters. The van der Waals surface area contributed by atoms with Crippen molar-refractivity contribution in [3.8, 4) is 5.75 Å². The lowest BCUT2D eigenvalue weighted by Crippen LogP contribution is -2.22. The zero-order valence-electron chi connectivity index (χ0n) is 16.8. The van der Waals surface area contributed by atoms with E-state index in [0.29, 0.717) is 12.4 Å². The van der Waals surface area contributed by atoms with Gasteiger partial charge in [-0.3, -0.25) is 0 Å². The van der Waals surface area contributed by atoms with E-state index in [1.807, 2.05) is 12.1 Å². The number of fused-ring (bicyclic) bond motifs is 2. The number of hydrogen-bond acceptors (Lipinski definition) is 5. The molecular weight excluding hydrogens is 370 g/mol. The molecule has 3 rings (SSSR count). The maximum Gasteiger partial charge on any atom is 0.344 e. The van der Waals surface area contributed by atoms with Gasteiger partial charge < -0.3 is 14.4 Å². The molecule has 2 aromatic carbocycles. The van der Waals surface area contributed by atoms with Crippen LogP contribution in [-0.2, 0) is 9.53 Å². The first-order valence-electron chi connectivity index (χ1n) is 10.2. The standard InChI is InChI=1S/C23H29NO3S/c1-3-5-6-7-10-15-24-19-11-8-9-12-21(19)28-22-14-13-18(16-20(22)24)27-17-23(25)26-4-2/h8-9,11-14,16H,3-7,10,15,17H2,1-2H3. The van der Waals surface area contributed by atoms with Gasteiger partial charge in [0.25, 0.3) is 0 Å². The summed E-state index contributed by atoms with van der Waals surface area (Å²) in [6.07, 6.45) is 6.25. The van der Waals surface area contributed by atoms with E-state index in [-0.39, 0.29) is 12.6 Å². The number of benzene rings is 2. The minimum atomic E-state index is -0.340. The van der Waals surface area contributed by atoms with E-state index in [9.17, 15) is 4.79 Å². The summed E-state index contributed by atoms with van der Waals surface area (Å²) in [7, 11) is 0. The summed E-state index contributed by atoms with van der Waals surface area (Å²) in [4.78, 5) is 16.5. The van der Waals surface area contributed by atoms with Gasteiger partial charge in [0.2, 0.25) is 0 Å². The number of esters is 1. The lowest BCUT2D eigenvalue weighted by atomic mass is 10.1. The monoisotopic (exact) mass is 399 g/mol. The van der Waals surface area contributed by atoms with Crippen molar-refractivity contribution in [2.45, 2.75) is 55.7 Å². The van der Waals surface area contributed by atoms with Gasteiger partial charge in [0, 0.05) is 22.4 Å². The van der Waals surface area contributed by atoms with Crippen molar-refractivity contribution in [1.29, 1.82) is 0 Å². The highest BCUT2D eigenvalue weighted by molar-refractivity contribution is 7.99. The van der Waals surface area contributed by atoms with Gasteiger partial charge in [-0.15, -0.1) is 0 Å². The smallest absolute Gasteiger partial charge is 0.344 e. The normalized spacial score (nSPS) is 12.3. The van der Waals surface area contributed by atoms with Gasteiger partial charge in [-0.2, -0.15) is 0 Å². The summed E-state index contributed by atoms with van der Waals surface area (Å²) < 4.78 is 10.6. The second kappa shape index (κ2) is 10.4. The fourth-order valence-corrected chi connectivity index (χ4v) is 4.43. The molecule has 1 heterocycles. The SMILES string of the molecule is CCCCCCCN1c2ccccc2Sc2ccc(OCC(=O)OCC)cc21. The molecule has 0 N–H and O–H groups in total. The molecule has 1 aliphatic heterocycles. The summed E-state index contributed by atoms with van der Waals surface area (Å²) in [5.41, 5.74) is 2.40. The van der Waals surface area contributed by atoms with Crippen LogP contribution in [0.25, 0.3) is 0 Å². The number of unbranched alkanes of at least 4 members (excludes halogenated alkanes) is 4. The second-order valence-corrected chi connectivity index (χ2v) is 7.94. The molecule has 1 aliphatic rings. The van der Waals surface area contributed by atoms with Gasteiger partial charge in [-0.1, -0.05) is 56.5 Å². The molecule has 0 fully saturated rings. The molecule has 28 heavy (non-hydrogen) atoms. The van der Waals surface area contributed by atoms with Crippen molar-refractivity contribution < 1.29 is 14.3 Å². The Labute approximate surface area is 172 Å². The number of hydrogen-bond donors (Lipinski definition) is 0. The number of nitrogens with zero attached hydrogens (tertiary/aromatic N) is 1. The van der Waals surface area contributed by atoms with E-state index in [0.717, 1.165) is 18.7 Å². The quantitative estimate of drug-likeness (QED) is 0.351. The van der Waals surface area contributed by atoms with Crippen LogP contribution in [0.3, 0.4) is 0 Å². The van der Waals surface area contributed by atoms with E-state index in [4.69, 9.17) is 9.47 Å². The summed E-state index contributed by atoms with van der Waals surface area (Å²) in [6.45, 7) is 5.32. The van der Waals surface area contributed by atoms with Crippen molar-refractivity contribution in [3.63, 3.8) is 0 Å². The molecule has 0 aliphatic carbocycles. The molecule has 0 spiro atoms. The van der Waals surface area contributed by atoms with Crippen LogP contribution in [-0.4, -0.2) is 25.7 Å². The zero-order chi connectivity index (χ0) is 19.8. The lowest BCUT2D eigenvalue weighted by Gasteiger charge is -2.33. The number of para-hydroxylation sites is 1. The molecule has 0 bridgehead atoms. The average Bonchev–Trinajstić information content (AvgIpc) is 2.71. The van der Waals surface area contributed by atoms with Gasteiger partial charge in [0.1, 0.15) is 5.75 Å². The van der Waals surface area contributed by atoms with E-state index in [1.165, 1.54) is 41.2 Å². The highest BCUT2D eigenvalue weighted by Gasteiger charge is 2.23. The molecule has 0 radical (unpaired) electrons. The first-order chi connectivity index (χ1) is 13.7. The fraction of sp³-hybridized carbons (Fsp3) is 0.435. The van der Waals surface area contributed by atoms with Crippen molar-refractivity contribution in [3.05, 3.63) is 42.5 Å². The largest absolute Gasteiger partial charge is 0.482 e.